The van der Waals surface area contributed by atoms with E-state index in [0.29, 0.717) is 5.92 Å². The summed E-state index contributed by atoms with van der Waals surface area (Å²) in [7, 11) is 0. The van der Waals surface area contributed by atoms with E-state index in [1.54, 1.807) is 11.3 Å². The molecule has 0 aromatic heterocycles. The number of thioether (sulfide) groups is 1. The van der Waals surface area contributed by atoms with Crippen LogP contribution in [0, 0.1) is 0 Å². The fraction of sp³-hybridized carbons (Fsp3) is 0.500. The van der Waals surface area contributed by atoms with Gasteiger partial charge >= 0.3 is 0 Å². The number of piperidine rings is 1. The number of nitrogens with zero attached hydrogens (tertiary/aromatic N) is 2. The Hall–Kier alpha value is -1.65. The minimum Gasteiger partial charge on any atom is -0.493 e. The Morgan fingerprint density at radius 3 is 3.07 bits per heavy atom. The Bertz CT molecular complexity index is 898. The molecule has 28 heavy (non-hydrogen) atoms. The molecule has 0 unspecified atom stereocenters. The minimum absolute atomic E-state index is 0.701. The van der Waals surface area contributed by atoms with Gasteiger partial charge in [-0.1, -0.05) is 30.3 Å². The molecule has 4 aliphatic rings. The van der Waals surface area contributed by atoms with Crippen molar-refractivity contribution in [1.29, 1.82) is 0 Å². The van der Waals surface area contributed by atoms with Crippen LogP contribution in [0.5, 0.6) is 5.75 Å². The molecule has 0 saturated carbocycles. The van der Waals surface area contributed by atoms with E-state index in [4.69, 9.17) is 4.74 Å². The van der Waals surface area contributed by atoms with Gasteiger partial charge in [0, 0.05) is 48.7 Å². The van der Waals surface area contributed by atoms with Crippen molar-refractivity contribution in [3.63, 3.8) is 0 Å². The number of hydrogen-bond acceptors (Lipinski definition) is 4. The molecule has 0 bridgehead atoms. The van der Waals surface area contributed by atoms with Crippen LogP contribution in [0.2, 0.25) is 0 Å². The Balaban J connectivity index is 1.13. The fourth-order valence-corrected chi connectivity index (χ4v) is 6.88. The lowest BCUT2D eigenvalue weighted by atomic mass is 9.89. The average Bonchev–Trinajstić information content (AvgIpc) is 3.34. The van der Waals surface area contributed by atoms with E-state index >= 15 is 0 Å². The van der Waals surface area contributed by atoms with Gasteiger partial charge in [0.05, 0.1) is 12.3 Å². The van der Waals surface area contributed by atoms with Crippen molar-refractivity contribution in [1.82, 2.24) is 4.90 Å². The second-order valence-corrected chi connectivity index (χ2v) is 9.74. The van der Waals surface area contributed by atoms with Gasteiger partial charge in [-0.2, -0.15) is 0 Å². The molecule has 3 nitrogen and oxygen atoms in total. The highest BCUT2D eigenvalue weighted by molar-refractivity contribution is 7.99. The highest BCUT2D eigenvalue weighted by Gasteiger charge is 2.43. The summed E-state index contributed by atoms with van der Waals surface area (Å²) in [5, 5.41) is 0. The zero-order valence-corrected chi connectivity index (χ0v) is 17.2. The van der Waals surface area contributed by atoms with Crippen LogP contribution in [0.15, 0.2) is 41.3 Å². The van der Waals surface area contributed by atoms with Gasteiger partial charge in [0.1, 0.15) is 5.75 Å². The van der Waals surface area contributed by atoms with Gasteiger partial charge in [0.25, 0.3) is 0 Å². The van der Waals surface area contributed by atoms with Crippen molar-refractivity contribution in [2.45, 2.75) is 42.5 Å². The standard InChI is InChI=1S/C24H28N2OS/c1-4-17(24-18(5-1)10-14-27-24)6-3-11-25-12-9-21-20(16-25)19-7-2-8-22-23(19)26(21)13-15-28-22/h1-2,4-5,7-8,20-21H,3,6,9-16H2/t20-,21-/m0/s1. The number of ether oxygens (including phenoxy) is 1. The van der Waals surface area contributed by atoms with Crippen LogP contribution in [-0.4, -0.2) is 49.5 Å². The first-order valence-corrected chi connectivity index (χ1v) is 11.9. The molecule has 6 rings (SSSR count). The molecule has 0 spiro atoms. The van der Waals surface area contributed by atoms with Gasteiger partial charge < -0.3 is 14.5 Å². The molecule has 0 aliphatic carbocycles. The molecule has 4 heterocycles. The largest absolute Gasteiger partial charge is 0.493 e. The van der Waals surface area contributed by atoms with Crippen molar-refractivity contribution in [3.8, 4) is 5.75 Å². The van der Waals surface area contributed by atoms with Crippen molar-refractivity contribution in [3.05, 3.63) is 53.1 Å². The maximum absolute atomic E-state index is 5.89. The molecular weight excluding hydrogens is 364 g/mol. The van der Waals surface area contributed by atoms with E-state index in [0.717, 1.165) is 25.5 Å². The first-order valence-electron chi connectivity index (χ1n) is 10.9. The number of likely N-dealkylation sites (tertiary alicyclic amines) is 1. The van der Waals surface area contributed by atoms with E-state index < -0.39 is 0 Å². The molecule has 1 saturated heterocycles. The van der Waals surface area contributed by atoms with Gasteiger partial charge in [-0.25, -0.2) is 0 Å². The van der Waals surface area contributed by atoms with Crippen molar-refractivity contribution in [2.75, 3.05) is 43.4 Å². The highest BCUT2D eigenvalue weighted by Crippen LogP contribution is 2.50. The van der Waals surface area contributed by atoms with E-state index in [1.807, 2.05) is 11.8 Å². The molecule has 4 heteroatoms. The van der Waals surface area contributed by atoms with E-state index in [-0.39, 0.29) is 0 Å². The Morgan fingerprint density at radius 1 is 1.11 bits per heavy atom. The van der Waals surface area contributed by atoms with Crippen LogP contribution < -0.4 is 9.64 Å². The molecule has 0 radical (unpaired) electrons. The summed E-state index contributed by atoms with van der Waals surface area (Å²) in [4.78, 5) is 6.98. The first kappa shape index (κ1) is 17.2. The summed E-state index contributed by atoms with van der Waals surface area (Å²) in [5.74, 6) is 3.13. The molecule has 4 aliphatic heterocycles. The predicted molar refractivity (Wildman–Crippen MR) is 116 cm³/mol. The lowest BCUT2D eigenvalue weighted by Gasteiger charge is -2.40. The quantitative estimate of drug-likeness (QED) is 0.769. The normalized spacial score (nSPS) is 25.2. The zero-order valence-electron chi connectivity index (χ0n) is 16.4. The molecule has 2 aromatic carbocycles. The smallest absolute Gasteiger partial charge is 0.125 e. The summed E-state index contributed by atoms with van der Waals surface area (Å²) in [6.07, 6.45) is 4.75. The number of rotatable bonds is 4. The summed E-state index contributed by atoms with van der Waals surface area (Å²) in [6, 6.07) is 14.4. The number of anilines is 1. The summed E-state index contributed by atoms with van der Waals surface area (Å²) in [6.45, 7) is 5.77. The van der Waals surface area contributed by atoms with Crippen molar-refractivity contribution in [2.24, 2.45) is 0 Å². The van der Waals surface area contributed by atoms with Gasteiger partial charge in [0.15, 0.2) is 0 Å². The summed E-state index contributed by atoms with van der Waals surface area (Å²) < 4.78 is 5.89. The van der Waals surface area contributed by atoms with Gasteiger partial charge in [-0.05, 0) is 48.6 Å². The second-order valence-electron chi connectivity index (χ2n) is 8.61. The van der Waals surface area contributed by atoms with Crippen LogP contribution >= 0.6 is 11.8 Å². The third-order valence-corrected chi connectivity index (χ3v) is 8.11. The van der Waals surface area contributed by atoms with Crippen LogP contribution in [0.25, 0.3) is 0 Å². The molecule has 2 aromatic rings. The molecule has 0 amide bonds. The number of hydrogen-bond donors (Lipinski definition) is 0. The van der Waals surface area contributed by atoms with Crippen LogP contribution in [0.1, 0.15) is 35.4 Å². The highest BCUT2D eigenvalue weighted by atomic mass is 32.2. The third kappa shape index (κ3) is 2.76. The molecule has 1 fully saturated rings. The summed E-state index contributed by atoms with van der Waals surface area (Å²) >= 11 is 2.05. The van der Waals surface area contributed by atoms with E-state index in [1.165, 1.54) is 66.5 Å². The maximum atomic E-state index is 5.89. The molecule has 146 valence electrons. The lowest BCUT2D eigenvalue weighted by Crippen LogP contribution is -2.47. The first-order chi connectivity index (χ1) is 13.9. The number of para-hydroxylation sites is 2. The molecule has 2 atom stereocenters. The van der Waals surface area contributed by atoms with Gasteiger partial charge in [0.2, 0.25) is 0 Å². The fourth-order valence-electron chi connectivity index (χ4n) is 5.82. The average molecular weight is 393 g/mol. The summed E-state index contributed by atoms with van der Waals surface area (Å²) in [5.41, 5.74) is 6.01. The van der Waals surface area contributed by atoms with Crippen LogP contribution in [0.3, 0.4) is 0 Å². The monoisotopic (exact) mass is 392 g/mol. The minimum atomic E-state index is 0.701. The van der Waals surface area contributed by atoms with Gasteiger partial charge in [-0.3, -0.25) is 0 Å². The molecule has 0 N–H and O–H groups in total. The van der Waals surface area contributed by atoms with Crippen molar-refractivity contribution >= 4 is 17.4 Å². The number of fused-ring (bicyclic) bond motifs is 4. The second kappa shape index (κ2) is 7.00. The van der Waals surface area contributed by atoms with Crippen LogP contribution in [0.4, 0.5) is 5.69 Å². The zero-order chi connectivity index (χ0) is 18.5. The number of aryl methyl sites for hydroxylation is 1. The Labute approximate surface area is 172 Å². The van der Waals surface area contributed by atoms with E-state index in [2.05, 4.69) is 46.2 Å². The van der Waals surface area contributed by atoms with E-state index in [9.17, 15) is 0 Å². The topological polar surface area (TPSA) is 15.7 Å². The maximum Gasteiger partial charge on any atom is 0.125 e. The third-order valence-electron chi connectivity index (χ3n) is 7.08. The predicted octanol–water partition coefficient (Wildman–Crippen LogP) is 4.34. The lowest BCUT2D eigenvalue weighted by molar-refractivity contribution is 0.192. The van der Waals surface area contributed by atoms with Crippen LogP contribution in [-0.2, 0) is 12.8 Å². The SMILES string of the molecule is c1cc(CCCN2CC[C@H]3[C@@H](C2)c2cccc4c2N3CCS4)c2c(c1)CCO2. The van der Waals surface area contributed by atoms with Gasteiger partial charge in [-0.15, -0.1) is 11.8 Å². The Kier molecular flexibility index (Phi) is 4.31. The van der Waals surface area contributed by atoms with Crippen molar-refractivity contribution < 1.29 is 4.74 Å². The number of benzene rings is 2. The Morgan fingerprint density at radius 2 is 2.07 bits per heavy atom. The molecular formula is C24H28N2OS.